The molecule has 1 atom stereocenters. The maximum absolute atomic E-state index is 12.5. The second-order valence-corrected chi connectivity index (χ2v) is 5.30. The molecule has 1 fully saturated rings. The molecule has 3 heterocycles. The van der Waals surface area contributed by atoms with Gasteiger partial charge < -0.3 is 14.6 Å². The van der Waals surface area contributed by atoms with Crippen LogP contribution in [0.5, 0.6) is 0 Å². The van der Waals surface area contributed by atoms with Crippen LogP contribution >= 0.6 is 0 Å². The van der Waals surface area contributed by atoms with Crippen molar-refractivity contribution >= 4 is 5.91 Å². The molecular weight excluding hydrogens is 282 g/mol. The average Bonchev–Trinajstić information content (AvgIpc) is 2.55. The number of nitrogens with zero attached hydrogens (tertiary/aromatic N) is 2. The van der Waals surface area contributed by atoms with Crippen molar-refractivity contribution in [1.29, 1.82) is 0 Å². The van der Waals surface area contributed by atoms with Crippen LogP contribution in [0.1, 0.15) is 27.8 Å². The minimum Gasteiger partial charge on any atom is -0.368 e. The summed E-state index contributed by atoms with van der Waals surface area (Å²) < 4.78 is 5.72. The van der Waals surface area contributed by atoms with Gasteiger partial charge in [0, 0.05) is 18.8 Å². The third-order valence-electron chi connectivity index (χ3n) is 3.62. The predicted octanol–water partition coefficient (Wildman–Crippen LogP) is 1.29. The highest BCUT2D eigenvalue weighted by atomic mass is 16.5. The third kappa shape index (κ3) is 3.07. The van der Waals surface area contributed by atoms with Crippen LogP contribution in [0.3, 0.4) is 0 Å². The summed E-state index contributed by atoms with van der Waals surface area (Å²) in [6.07, 6.45) is 1.54. The van der Waals surface area contributed by atoms with E-state index in [1.807, 2.05) is 19.1 Å². The van der Waals surface area contributed by atoms with Crippen LogP contribution in [0.2, 0.25) is 0 Å². The predicted molar refractivity (Wildman–Crippen MR) is 80.6 cm³/mol. The summed E-state index contributed by atoms with van der Waals surface area (Å²) in [6, 6.07) is 8.46. The summed E-state index contributed by atoms with van der Waals surface area (Å²) in [4.78, 5) is 32.4. The van der Waals surface area contributed by atoms with Crippen molar-refractivity contribution in [3.8, 4) is 0 Å². The number of pyridine rings is 2. The highest BCUT2D eigenvalue weighted by molar-refractivity contribution is 5.92. The second-order valence-electron chi connectivity index (χ2n) is 5.30. The largest absolute Gasteiger partial charge is 0.368 e. The van der Waals surface area contributed by atoms with Crippen LogP contribution in [0.4, 0.5) is 0 Å². The van der Waals surface area contributed by atoms with E-state index in [9.17, 15) is 9.59 Å². The van der Waals surface area contributed by atoms with Crippen molar-refractivity contribution in [2.45, 2.75) is 13.0 Å². The number of amides is 1. The summed E-state index contributed by atoms with van der Waals surface area (Å²) in [5.41, 5.74) is 1.90. The fourth-order valence-electron chi connectivity index (χ4n) is 2.43. The Morgan fingerprint density at radius 2 is 2.23 bits per heavy atom. The van der Waals surface area contributed by atoms with E-state index >= 15 is 0 Å². The minimum absolute atomic E-state index is 0.196. The molecule has 1 aliphatic rings. The number of hydrogen-bond donors (Lipinski definition) is 1. The lowest BCUT2D eigenvalue weighted by Gasteiger charge is -2.32. The highest BCUT2D eigenvalue weighted by Crippen LogP contribution is 2.21. The zero-order chi connectivity index (χ0) is 15.5. The lowest BCUT2D eigenvalue weighted by molar-refractivity contribution is -0.0249. The molecule has 1 saturated heterocycles. The number of aryl methyl sites for hydroxylation is 1. The maximum Gasteiger partial charge on any atom is 0.270 e. The Hall–Kier alpha value is -2.47. The molecule has 2 aromatic rings. The van der Waals surface area contributed by atoms with Gasteiger partial charge in [-0.3, -0.25) is 14.6 Å². The van der Waals surface area contributed by atoms with E-state index in [0.29, 0.717) is 25.4 Å². The van der Waals surface area contributed by atoms with Gasteiger partial charge >= 0.3 is 0 Å². The molecule has 0 aromatic carbocycles. The lowest BCUT2D eigenvalue weighted by atomic mass is 10.1. The number of hydrogen-bond acceptors (Lipinski definition) is 4. The Morgan fingerprint density at radius 3 is 2.95 bits per heavy atom. The van der Waals surface area contributed by atoms with Crippen molar-refractivity contribution < 1.29 is 9.53 Å². The maximum atomic E-state index is 12.5. The summed E-state index contributed by atoms with van der Waals surface area (Å²) in [5.74, 6) is -0.196. The number of carbonyl (C=O) groups excluding carboxylic acids is 1. The molecule has 0 aliphatic carbocycles. The highest BCUT2D eigenvalue weighted by Gasteiger charge is 2.27. The van der Waals surface area contributed by atoms with E-state index in [2.05, 4.69) is 9.97 Å². The minimum atomic E-state index is -0.282. The van der Waals surface area contributed by atoms with Gasteiger partial charge in [0.15, 0.2) is 0 Å². The van der Waals surface area contributed by atoms with Gasteiger partial charge in [-0.25, -0.2) is 0 Å². The Labute approximate surface area is 127 Å². The number of rotatable bonds is 2. The number of carbonyl (C=O) groups is 1. The van der Waals surface area contributed by atoms with Crippen molar-refractivity contribution in [2.75, 3.05) is 19.7 Å². The molecule has 0 unspecified atom stereocenters. The van der Waals surface area contributed by atoms with E-state index < -0.39 is 0 Å². The molecule has 3 rings (SSSR count). The van der Waals surface area contributed by atoms with Crippen LogP contribution in [-0.2, 0) is 4.74 Å². The van der Waals surface area contributed by atoms with E-state index in [1.165, 1.54) is 6.07 Å². The molecule has 1 N–H and O–H groups in total. The van der Waals surface area contributed by atoms with Crippen molar-refractivity contribution in [3.63, 3.8) is 0 Å². The number of aromatic amines is 1. The topological polar surface area (TPSA) is 75.3 Å². The smallest absolute Gasteiger partial charge is 0.270 e. The SMILES string of the molecule is Cc1ccc([C@H]2CN(C(=O)c3cccc(=O)[nH]3)CCO2)nc1. The second kappa shape index (κ2) is 6.11. The van der Waals surface area contributed by atoms with Crippen LogP contribution in [0.25, 0.3) is 0 Å². The molecular formula is C16H17N3O3. The van der Waals surface area contributed by atoms with E-state index in [0.717, 1.165) is 11.3 Å². The standard InChI is InChI=1S/C16H17N3O3/c1-11-5-6-12(17-9-11)14-10-19(7-8-22-14)16(21)13-3-2-4-15(20)18-13/h2-6,9,14H,7-8,10H2,1H3,(H,18,20)/t14-/m1/s1. The monoisotopic (exact) mass is 299 g/mol. The number of aromatic nitrogens is 2. The van der Waals surface area contributed by atoms with Gasteiger partial charge in [-0.1, -0.05) is 12.1 Å². The van der Waals surface area contributed by atoms with Crippen molar-refractivity contribution in [2.24, 2.45) is 0 Å². The van der Waals surface area contributed by atoms with Crippen LogP contribution in [0, 0.1) is 6.92 Å². The number of H-pyrrole nitrogens is 1. The fraction of sp³-hybridized carbons (Fsp3) is 0.312. The van der Waals surface area contributed by atoms with Gasteiger partial charge in [0.05, 0.1) is 18.8 Å². The molecule has 114 valence electrons. The molecule has 0 saturated carbocycles. The van der Waals surface area contributed by atoms with Gasteiger partial charge in [-0.05, 0) is 24.6 Å². The number of ether oxygens (including phenoxy) is 1. The molecule has 1 aliphatic heterocycles. The molecule has 0 bridgehead atoms. The first-order valence-corrected chi connectivity index (χ1v) is 7.16. The summed E-state index contributed by atoms with van der Waals surface area (Å²) in [5, 5.41) is 0. The Bertz CT molecular complexity index is 724. The normalized spacial score (nSPS) is 18.2. The van der Waals surface area contributed by atoms with Crippen LogP contribution < -0.4 is 5.56 Å². The van der Waals surface area contributed by atoms with Crippen molar-refractivity contribution in [1.82, 2.24) is 14.9 Å². The van der Waals surface area contributed by atoms with Crippen LogP contribution in [0.15, 0.2) is 41.3 Å². The van der Waals surface area contributed by atoms with Gasteiger partial charge in [0.1, 0.15) is 11.8 Å². The first kappa shape index (κ1) is 14.5. The fourth-order valence-corrected chi connectivity index (χ4v) is 2.43. The van der Waals surface area contributed by atoms with Gasteiger partial charge in [-0.2, -0.15) is 0 Å². The first-order chi connectivity index (χ1) is 10.6. The van der Waals surface area contributed by atoms with E-state index in [-0.39, 0.29) is 17.6 Å². The van der Waals surface area contributed by atoms with Gasteiger partial charge in [-0.15, -0.1) is 0 Å². The lowest BCUT2D eigenvalue weighted by Crippen LogP contribution is -2.43. The molecule has 1 amide bonds. The average molecular weight is 299 g/mol. The number of morpholine rings is 1. The third-order valence-corrected chi connectivity index (χ3v) is 3.62. The molecule has 6 heteroatoms. The van der Waals surface area contributed by atoms with Crippen molar-refractivity contribution in [3.05, 3.63) is 63.8 Å². The van der Waals surface area contributed by atoms with Crippen LogP contribution in [-0.4, -0.2) is 40.5 Å². The molecule has 2 aromatic heterocycles. The molecule has 0 spiro atoms. The Kier molecular flexibility index (Phi) is 4.02. The van der Waals surface area contributed by atoms with E-state index in [4.69, 9.17) is 4.74 Å². The van der Waals surface area contributed by atoms with E-state index in [1.54, 1.807) is 23.2 Å². The number of nitrogens with one attached hydrogen (secondary N) is 1. The summed E-state index contributed by atoms with van der Waals surface area (Å²) in [7, 11) is 0. The Morgan fingerprint density at radius 1 is 1.36 bits per heavy atom. The quantitative estimate of drug-likeness (QED) is 0.906. The Balaban J connectivity index is 1.76. The zero-order valence-corrected chi connectivity index (χ0v) is 12.3. The zero-order valence-electron chi connectivity index (χ0n) is 12.3. The van der Waals surface area contributed by atoms with Gasteiger partial charge in [0.2, 0.25) is 5.56 Å². The van der Waals surface area contributed by atoms with Gasteiger partial charge in [0.25, 0.3) is 5.91 Å². The summed E-state index contributed by atoms with van der Waals surface area (Å²) >= 11 is 0. The molecule has 6 nitrogen and oxygen atoms in total. The summed E-state index contributed by atoms with van der Waals surface area (Å²) in [6.45, 7) is 3.34. The molecule has 0 radical (unpaired) electrons. The molecule has 22 heavy (non-hydrogen) atoms. The first-order valence-electron chi connectivity index (χ1n) is 7.16.